The summed E-state index contributed by atoms with van der Waals surface area (Å²) < 4.78 is 5.11. The Bertz CT molecular complexity index is 565. The second-order valence-electron chi connectivity index (χ2n) is 6.59. The molecule has 2 bridgehead atoms. The lowest BCUT2D eigenvalue weighted by atomic mass is 9.86. The Balaban J connectivity index is 1.51. The number of ether oxygens (including phenoxy) is 1. The third-order valence-corrected chi connectivity index (χ3v) is 5.16. The second-order valence-corrected chi connectivity index (χ2v) is 6.59. The maximum Gasteiger partial charge on any atom is 0.244 e. The Labute approximate surface area is 131 Å². The summed E-state index contributed by atoms with van der Waals surface area (Å²) in [5, 5.41) is 4.35. The molecule has 4 nitrogen and oxygen atoms in total. The molecule has 3 atom stereocenters. The molecule has 3 unspecified atom stereocenters. The van der Waals surface area contributed by atoms with Crippen molar-refractivity contribution >= 4 is 11.6 Å². The van der Waals surface area contributed by atoms with Gasteiger partial charge in [0.1, 0.15) is 5.75 Å². The fraction of sp³-hybridized carbons (Fsp3) is 0.556. The van der Waals surface area contributed by atoms with Gasteiger partial charge in [0, 0.05) is 11.6 Å². The molecule has 2 saturated carbocycles. The summed E-state index contributed by atoms with van der Waals surface area (Å²) in [4.78, 5) is 12.0. The number of hydrogen-bond donors (Lipinski definition) is 1. The Morgan fingerprint density at radius 3 is 2.64 bits per heavy atom. The van der Waals surface area contributed by atoms with Gasteiger partial charge in [-0.25, -0.2) is 5.43 Å². The molecule has 0 heterocycles. The highest BCUT2D eigenvalue weighted by Crippen LogP contribution is 2.48. The summed E-state index contributed by atoms with van der Waals surface area (Å²) in [6, 6.07) is 7.55. The lowest BCUT2D eigenvalue weighted by Gasteiger charge is -2.21. The summed E-state index contributed by atoms with van der Waals surface area (Å²) in [6.45, 7) is 2.05. The van der Waals surface area contributed by atoms with Crippen LogP contribution in [0.2, 0.25) is 0 Å². The number of fused-ring (bicyclic) bond motifs is 2. The van der Waals surface area contributed by atoms with Gasteiger partial charge in [-0.2, -0.15) is 5.10 Å². The molecule has 0 radical (unpaired) electrons. The Morgan fingerprint density at radius 2 is 2.05 bits per heavy atom. The normalized spacial score (nSPS) is 27.0. The molecule has 3 rings (SSSR count). The molecule has 0 saturated heterocycles. The van der Waals surface area contributed by atoms with Gasteiger partial charge in [-0.15, -0.1) is 0 Å². The van der Waals surface area contributed by atoms with Crippen molar-refractivity contribution in [2.75, 3.05) is 7.11 Å². The van der Waals surface area contributed by atoms with E-state index in [2.05, 4.69) is 17.5 Å². The predicted molar refractivity (Wildman–Crippen MR) is 86.9 cm³/mol. The van der Waals surface area contributed by atoms with Crippen LogP contribution in [0.15, 0.2) is 29.4 Å². The SMILES string of the molecule is COc1ccc(CC(=O)N/N=C(/C)C2CC3CCC2C3)cc1. The topological polar surface area (TPSA) is 50.7 Å². The van der Waals surface area contributed by atoms with Crippen LogP contribution in [-0.4, -0.2) is 18.7 Å². The van der Waals surface area contributed by atoms with E-state index in [1.807, 2.05) is 24.3 Å². The van der Waals surface area contributed by atoms with Crippen molar-refractivity contribution in [1.82, 2.24) is 5.43 Å². The zero-order valence-corrected chi connectivity index (χ0v) is 13.3. The van der Waals surface area contributed by atoms with E-state index >= 15 is 0 Å². The Kier molecular flexibility index (Phi) is 4.46. The van der Waals surface area contributed by atoms with E-state index in [0.29, 0.717) is 12.3 Å². The quantitative estimate of drug-likeness (QED) is 0.671. The number of hydrazone groups is 1. The molecule has 0 spiro atoms. The highest BCUT2D eigenvalue weighted by Gasteiger charge is 2.40. The fourth-order valence-electron chi connectivity index (χ4n) is 3.96. The molecule has 1 N–H and O–H groups in total. The summed E-state index contributed by atoms with van der Waals surface area (Å²) in [6.07, 6.45) is 5.68. The molecule has 118 valence electrons. The average Bonchev–Trinajstić information content (AvgIpc) is 3.16. The predicted octanol–water partition coefficient (Wildman–Crippen LogP) is 3.17. The molecule has 4 heteroatoms. The third kappa shape index (κ3) is 3.32. The molecular weight excluding hydrogens is 276 g/mol. The van der Waals surface area contributed by atoms with Crippen molar-refractivity contribution in [2.24, 2.45) is 22.9 Å². The van der Waals surface area contributed by atoms with E-state index < -0.39 is 0 Å². The minimum Gasteiger partial charge on any atom is -0.497 e. The first-order valence-electron chi connectivity index (χ1n) is 8.11. The van der Waals surface area contributed by atoms with Crippen LogP contribution in [0, 0.1) is 17.8 Å². The van der Waals surface area contributed by atoms with Crippen molar-refractivity contribution < 1.29 is 9.53 Å². The van der Waals surface area contributed by atoms with Crippen LogP contribution >= 0.6 is 0 Å². The van der Waals surface area contributed by atoms with Gasteiger partial charge in [0.2, 0.25) is 5.91 Å². The van der Waals surface area contributed by atoms with Crippen LogP contribution in [0.25, 0.3) is 0 Å². The molecule has 2 aliphatic rings. The molecule has 0 aromatic heterocycles. The maximum atomic E-state index is 12.0. The first-order chi connectivity index (χ1) is 10.7. The number of amides is 1. The van der Waals surface area contributed by atoms with Gasteiger partial charge in [-0.05, 0) is 55.7 Å². The van der Waals surface area contributed by atoms with Gasteiger partial charge in [0.25, 0.3) is 0 Å². The van der Waals surface area contributed by atoms with Gasteiger partial charge < -0.3 is 4.74 Å². The van der Waals surface area contributed by atoms with Gasteiger partial charge >= 0.3 is 0 Å². The van der Waals surface area contributed by atoms with E-state index in [0.717, 1.165) is 28.9 Å². The highest BCUT2D eigenvalue weighted by molar-refractivity contribution is 5.87. The number of nitrogens with one attached hydrogen (secondary N) is 1. The van der Waals surface area contributed by atoms with Crippen molar-refractivity contribution in [3.05, 3.63) is 29.8 Å². The van der Waals surface area contributed by atoms with E-state index in [-0.39, 0.29) is 5.91 Å². The standard InChI is InChI=1S/C18H24N2O2/c1-12(17-10-14-3-6-15(17)9-14)19-20-18(21)11-13-4-7-16(22-2)8-5-13/h4-5,7-8,14-15,17H,3,6,9-11H2,1-2H3,(H,20,21)/b19-12-. The van der Waals surface area contributed by atoms with Crippen molar-refractivity contribution in [3.63, 3.8) is 0 Å². The van der Waals surface area contributed by atoms with Crippen LogP contribution in [-0.2, 0) is 11.2 Å². The monoisotopic (exact) mass is 300 g/mol. The largest absolute Gasteiger partial charge is 0.497 e. The highest BCUT2D eigenvalue weighted by atomic mass is 16.5. The molecule has 1 amide bonds. The van der Waals surface area contributed by atoms with Gasteiger partial charge in [0.05, 0.1) is 13.5 Å². The first-order valence-corrected chi connectivity index (χ1v) is 8.11. The summed E-state index contributed by atoms with van der Waals surface area (Å²) in [5.41, 5.74) is 4.77. The Morgan fingerprint density at radius 1 is 1.27 bits per heavy atom. The number of hydrogen-bond acceptors (Lipinski definition) is 3. The molecule has 1 aromatic rings. The number of rotatable bonds is 5. The van der Waals surface area contributed by atoms with E-state index in [4.69, 9.17) is 4.74 Å². The zero-order valence-electron chi connectivity index (χ0n) is 13.3. The number of nitrogens with zero attached hydrogens (tertiary/aromatic N) is 1. The van der Waals surface area contributed by atoms with Crippen molar-refractivity contribution in [3.8, 4) is 5.75 Å². The van der Waals surface area contributed by atoms with Crippen LogP contribution in [0.3, 0.4) is 0 Å². The third-order valence-electron chi connectivity index (χ3n) is 5.16. The summed E-state index contributed by atoms with van der Waals surface area (Å²) >= 11 is 0. The average molecular weight is 300 g/mol. The van der Waals surface area contributed by atoms with Crippen LogP contribution in [0.5, 0.6) is 5.75 Å². The lowest BCUT2D eigenvalue weighted by Crippen LogP contribution is -2.25. The van der Waals surface area contributed by atoms with Crippen LogP contribution < -0.4 is 10.2 Å². The van der Waals surface area contributed by atoms with Gasteiger partial charge in [-0.3, -0.25) is 4.79 Å². The Hall–Kier alpha value is -1.84. The first kappa shape index (κ1) is 15.1. The molecule has 1 aromatic carbocycles. The molecule has 22 heavy (non-hydrogen) atoms. The number of benzene rings is 1. The number of methoxy groups -OCH3 is 1. The molecular formula is C18H24N2O2. The number of carbonyl (C=O) groups is 1. The fourth-order valence-corrected chi connectivity index (χ4v) is 3.96. The zero-order chi connectivity index (χ0) is 15.5. The van der Waals surface area contributed by atoms with Crippen LogP contribution in [0.4, 0.5) is 0 Å². The lowest BCUT2D eigenvalue weighted by molar-refractivity contribution is -0.120. The van der Waals surface area contributed by atoms with E-state index in [1.54, 1.807) is 7.11 Å². The van der Waals surface area contributed by atoms with Crippen LogP contribution in [0.1, 0.15) is 38.2 Å². The second kappa shape index (κ2) is 6.51. The van der Waals surface area contributed by atoms with Gasteiger partial charge in [-0.1, -0.05) is 18.6 Å². The molecule has 0 aliphatic heterocycles. The summed E-state index contributed by atoms with van der Waals surface area (Å²) in [5.74, 6) is 3.02. The van der Waals surface area contributed by atoms with Crippen molar-refractivity contribution in [2.45, 2.75) is 39.0 Å². The minimum absolute atomic E-state index is 0.0623. The smallest absolute Gasteiger partial charge is 0.244 e. The molecule has 2 fully saturated rings. The van der Waals surface area contributed by atoms with E-state index in [1.165, 1.54) is 25.7 Å². The number of carbonyl (C=O) groups excluding carboxylic acids is 1. The van der Waals surface area contributed by atoms with E-state index in [9.17, 15) is 4.79 Å². The van der Waals surface area contributed by atoms with Gasteiger partial charge in [0.15, 0.2) is 0 Å². The maximum absolute atomic E-state index is 12.0. The van der Waals surface area contributed by atoms with Crippen molar-refractivity contribution in [1.29, 1.82) is 0 Å². The molecule has 2 aliphatic carbocycles. The minimum atomic E-state index is -0.0623. The summed E-state index contributed by atoms with van der Waals surface area (Å²) in [7, 11) is 1.63.